The molecule has 10 heteroatoms. The molecule has 6 rings (SSSR count). The molecule has 3 saturated carbocycles. The summed E-state index contributed by atoms with van der Waals surface area (Å²) in [6.45, 7) is 6.57. The van der Waals surface area contributed by atoms with Crippen molar-refractivity contribution in [2.75, 3.05) is 26.9 Å². The number of allylic oxidation sites excluding steroid dienone is 1. The van der Waals surface area contributed by atoms with E-state index in [4.69, 9.17) is 30.7 Å². The number of hydrogen-bond acceptors (Lipinski definition) is 9. The van der Waals surface area contributed by atoms with Gasteiger partial charge >= 0.3 is 5.97 Å². The molecule has 0 amide bonds. The van der Waals surface area contributed by atoms with Gasteiger partial charge in [0.05, 0.1) is 49.7 Å². The van der Waals surface area contributed by atoms with E-state index in [1.165, 1.54) is 5.57 Å². The van der Waals surface area contributed by atoms with Crippen LogP contribution in [0.25, 0.3) is 0 Å². The van der Waals surface area contributed by atoms with Gasteiger partial charge in [-0.2, -0.15) is 0 Å². The van der Waals surface area contributed by atoms with E-state index in [0.717, 1.165) is 68.5 Å². The monoisotopic (exact) mass is 643 g/mol. The van der Waals surface area contributed by atoms with E-state index in [1.54, 1.807) is 18.4 Å². The van der Waals surface area contributed by atoms with E-state index in [-0.39, 0.29) is 53.1 Å². The Balaban J connectivity index is 1.21. The van der Waals surface area contributed by atoms with Crippen molar-refractivity contribution in [1.82, 2.24) is 4.98 Å². The predicted octanol–water partition coefficient (Wildman–Crippen LogP) is 5.13. The number of ketones is 1. The maximum atomic E-state index is 14.0. The Kier molecular flexibility index (Phi) is 10.2. The molecule has 4 fully saturated rings. The van der Waals surface area contributed by atoms with Crippen LogP contribution < -0.4 is 11.5 Å². The first-order chi connectivity index (χ1) is 21.7. The van der Waals surface area contributed by atoms with Crippen LogP contribution >= 0.6 is 11.3 Å². The van der Waals surface area contributed by atoms with Crippen LogP contribution in [-0.2, 0) is 30.4 Å². The van der Waals surface area contributed by atoms with E-state index < -0.39 is 17.8 Å². The molecule has 0 aromatic carbocycles. The highest BCUT2D eigenvalue weighted by Gasteiger charge is 2.63. The number of carbonyl (C=O) groups excluding carboxylic acids is 1. The van der Waals surface area contributed by atoms with Crippen molar-refractivity contribution in [3.05, 3.63) is 27.7 Å². The van der Waals surface area contributed by atoms with Crippen LogP contribution in [-0.4, -0.2) is 60.9 Å². The van der Waals surface area contributed by atoms with Crippen molar-refractivity contribution >= 4 is 23.1 Å². The highest BCUT2D eigenvalue weighted by molar-refractivity contribution is 7.09. The second-order valence-electron chi connectivity index (χ2n) is 15.0. The summed E-state index contributed by atoms with van der Waals surface area (Å²) in [7, 11) is 1.76. The van der Waals surface area contributed by atoms with Gasteiger partial charge in [0, 0.05) is 29.7 Å². The number of aromatic nitrogens is 1. The van der Waals surface area contributed by atoms with Crippen LogP contribution in [0.15, 0.2) is 17.0 Å². The Bertz CT molecular complexity index is 1250. The standard InChI is InChI=1S/C35H53N3O6S/c1-19(2)12-20-7-8-23-22-9-10-25-24-16-43-18-35(25,26(22)13-28(39)31(23)30(20)34(40)41)14-29(42-3)32(24)44-15-21-17-45-33(38-21)27(37)6-4-5-11-36/h13,17,19-20,22-25,27,29-32H,4-12,14-16,18,36-37H2,1-3H3,(H,40,41)/t20?,22?,23?,24?,25?,27-,29+,30?,31?,32+,35+/m0/s1. The minimum atomic E-state index is -0.800. The minimum Gasteiger partial charge on any atom is -0.481 e. The quantitative estimate of drug-likeness (QED) is 0.264. The van der Waals surface area contributed by atoms with Crippen molar-refractivity contribution in [2.24, 2.45) is 64.2 Å². The number of nitrogens with two attached hydrogens (primary N) is 2. The lowest BCUT2D eigenvalue weighted by Crippen LogP contribution is -2.64. The number of carboxylic acids is 1. The molecule has 1 saturated heterocycles. The molecule has 0 radical (unpaired) electrons. The van der Waals surface area contributed by atoms with Gasteiger partial charge in [-0.05, 0) is 93.6 Å². The van der Waals surface area contributed by atoms with E-state index in [9.17, 15) is 14.7 Å². The van der Waals surface area contributed by atoms with Crippen molar-refractivity contribution in [2.45, 2.75) is 96.5 Å². The predicted molar refractivity (Wildman–Crippen MR) is 172 cm³/mol. The zero-order chi connectivity index (χ0) is 31.9. The number of carbonyl (C=O) groups is 2. The first-order valence-corrected chi connectivity index (χ1v) is 18.2. The third-order valence-corrected chi connectivity index (χ3v) is 13.1. The van der Waals surface area contributed by atoms with Crippen molar-refractivity contribution in [3.63, 3.8) is 0 Å². The number of aliphatic carboxylic acids is 1. The van der Waals surface area contributed by atoms with Gasteiger partial charge in [0.1, 0.15) is 5.01 Å². The van der Waals surface area contributed by atoms with Gasteiger partial charge in [-0.3, -0.25) is 9.59 Å². The Morgan fingerprint density at radius 2 is 2.04 bits per heavy atom. The van der Waals surface area contributed by atoms with E-state index in [0.29, 0.717) is 38.2 Å². The number of nitrogens with zero attached hydrogens (tertiary/aromatic N) is 1. The summed E-state index contributed by atoms with van der Waals surface area (Å²) in [4.78, 5) is 31.4. The van der Waals surface area contributed by atoms with Crippen LogP contribution in [0.5, 0.6) is 0 Å². The van der Waals surface area contributed by atoms with E-state index >= 15 is 0 Å². The Morgan fingerprint density at radius 1 is 1.22 bits per heavy atom. The molecular weight excluding hydrogens is 590 g/mol. The second-order valence-corrected chi connectivity index (χ2v) is 15.9. The van der Waals surface area contributed by atoms with Gasteiger partial charge in [0.25, 0.3) is 0 Å². The zero-order valence-corrected chi connectivity index (χ0v) is 28.0. The summed E-state index contributed by atoms with van der Waals surface area (Å²) in [6, 6.07) is -0.0821. The average molecular weight is 644 g/mol. The number of unbranched alkanes of at least 4 members (excludes halogenated alkanes) is 1. The Labute approximate surface area is 271 Å². The van der Waals surface area contributed by atoms with Crippen LogP contribution in [0.3, 0.4) is 0 Å². The van der Waals surface area contributed by atoms with Crippen molar-refractivity contribution in [3.8, 4) is 0 Å². The molecule has 250 valence electrons. The number of methoxy groups -OCH3 is 1. The first-order valence-electron chi connectivity index (χ1n) is 17.3. The molecule has 9 nitrogen and oxygen atoms in total. The SMILES string of the molecule is CO[C@@H]1C[C@@]23COCC(C2CCC2C3=CC(=O)C3C2CCC(CC(C)C)C3C(=O)O)[C@H]1OCc1csc([C@@H](N)CCCCN)n1. The van der Waals surface area contributed by atoms with E-state index in [1.807, 2.05) is 11.5 Å². The molecule has 1 aromatic rings. The summed E-state index contributed by atoms with van der Waals surface area (Å²) in [5.74, 6) is -0.510. The van der Waals surface area contributed by atoms with Crippen LogP contribution in [0.1, 0.15) is 88.4 Å². The molecule has 7 unspecified atom stereocenters. The fraction of sp³-hybridized carbons (Fsp3) is 0.800. The van der Waals surface area contributed by atoms with Crippen molar-refractivity contribution in [1.29, 1.82) is 0 Å². The van der Waals surface area contributed by atoms with Crippen LogP contribution in [0.4, 0.5) is 0 Å². The Morgan fingerprint density at radius 3 is 2.78 bits per heavy atom. The first kappa shape index (κ1) is 33.2. The zero-order valence-electron chi connectivity index (χ0n) is 27.2. The third-order valence-electron chi connectivity index (χ3n) is 12.0. The smallest absolute Gasteiger partial charge is 0.307 e. The lowest BCUT2D eigenvalue weighted by Gasteiger charge is -2.63. The lowest BCUT2D eigenvalue weighted by atomic mass is 9.45. The van der Waals surface area contributed by atoms with Gasteiger partial charge < -0.3 is 30.8 Å². The summed E-state index contributed by atoms with van der Waals surface area (Å²) in [6.07, 6.45) is 9.90. The number of rotatable bonds is 12. The summed E-state index contributed by atoms with van der Waals surface area (Å²) in [5, 5.41) is 13.3. The van der Waals surface area contributed by atoms with E-state index in [2.05, 4.69) is 13.8 Å². The summed E-state index contributed by atoms with van der Waals surface area (Å²) < 4.78 is 19.2. The van der Waals surface area contributed by atoms with Gasteiger partial charge in [-0.25, -0.2) is 4.98 Å². The minimum absolute atomic E-state index is 0.0252. The molecule has 1 aromatic heterocycles. The third kappa shape index (κ3) is 6.20. The number of ether oxygens (including phenoxy) is 3. The molecular formula is C35H53N3O6S. The number of hydrogen-bond donors (Lipinski definition) is 3. The molecule has 5 N–H and O–H groups in total. The van der Waals surface area contributed by atoms with Crippen LogP contribution in [0.2, 0.25) is 0 Å². The van der Waals surface area contributed by atoms with Gasteiger partial charge in [-0.15, -0.1) is 11.3 Å². The summed E-state index contributed by atoms with van der Waals surface area (Å²) >= 11 is 1.59. The molecule has 0 spiro atoms. The maximum absolute atomic E-state index is 14.0. The lowest BCUT2D eigenvalue weighted by molar-refractivity contribution is -0.223. The molecule has 11 atom stereocenters. The molecule has 2 heterocycles. The Hall–Kier alpha value is -1.69. The molecule has 5 aliphatic rings. The number of thiazole rings is 1. The fourth-order valence-corrected chi connectivity index (χ4v) is 11.1. The topological polar surface area (TPSA) is 147 Å². The summed E-state index contributed by atoms with van der Waals surface area (Å²) in [5.41, 5.74) is 13.9. The maximum Gasteiger partial charge on any atom is 0.307 e. The highest BCUT2D eigenvalue weighted by atomic mass is 32.1. The second kappa shape index (κ2) is 13.8. The van der Waals surface area contributed by atoms with Gasteiger partial charge in [0.2, 0.25) is 0 Å². The molecule has 2 bridgehead atoms. The average Bonchev–Trinajstić information content (AvgIpc) is 3.49. The number of fused-ring (bicyclic) bond motifs is 3. The largest absolute Gasteiger partial charge is 0.481 e. The molecule has 4 aliphatic carbocycles. The van der Waals surface area contributed by atoms with Crippen molar-refractivity contribution < 1.29 is 28.9 Å². The highest BCUT2D eigenvalue weighted by Crippen LogP contribution is 2.64. The fourth-order valence-electron chi connectivity index (χ4n) is 10.2. The van der Waals surface area contributed by atoms with Gasteiger partial charge in [-0.1, -0.05) is 25.8 Å². The molecule has 1 aliphatic heterocycles. The van der Waals surface area contributed by atoms with Crippen LogP contribution in [0, 0.1) is 52.8 Å². The number of carboxylic acid groups (broad SMARTS) is 1. The normalized spacial score (nSPS) is 38.2. The molecule has 45 heavy (non-hydrogen) atoms. The van der Waals surface area contributed by atoms with Gasteiger partial charge in [0.15, 0.2) is 5.78 Å².